The molecule has 150 valence electrons. The van der Waals surface area contributed by atoms with Crippen LogP contribution in [0.15, 0.2) is 29.3 Å². The van der Waals surface area contributed by atoms with Gasteiger partial charge in [-0.15, -0.1) is 0 Å². The second-order valence-electron chi connectivity index (χ2n) is 7.55. The Labute approximate surface area is 164 Å². The van der Waals surface area contributed by atoms with Crippen LogP contribution in [0.25, 0.3) is 0 Å². The van der Waals surface area contributed by atoms with E-state index in [9.17, 15) is 0 Å². The summed E-state index contributed by atoms with van der Waals surface area (Å²) in [6.45, 7) is 7.63. The van der Waals surface area contributed by atoms with E-state index >= 15 is 0 Å². The molecule has 0 spiro atoms. The summed E-state index contributed by atoms with van der Waals surface area (Å²) in [5.74, 6) is 2.50. The van der Waals surface area contributed by atoms with Crippen LogP contribution in [0.5, 0.6) is 5.75 Å². The third-order valence-corrected chi connectivity index (χ3v) is 5.66. The van der Waals surface area contributed by atoms with Gasteiger partial charge in [-0.3, -0.25) is 4.99 Å². The van der Waals surface area contributed by atoms with Crippen molar-refractivity contribution in [3.05, 3.63) is 24.3 Å². The summed E-state index contributed by atoms with van der Waals surface area (Å²) in [4.78, 5) is 9.35. The first kappa shape index (κ1) is 19.8. The first-order chi connectivity index (χ1) is 13.3. The molecule has 0 radical (unpaired) electrons. The van der Waals surface area contributed by atoms with E-state index in [-0.39, 0.29) is 0 Å². The number of piperidine rings is 1. The fourth-order valence-electron chi connectivity index (χ4n) is 4.09. The van der Waals surface area contributed by atoms with Crippen LogP contribution in [-0.4, -0.2) is 70.8 Å². The molecule has 27 heavy (non-hydrogen) atoms. The van der Waals surface area contributed by atoms with E-state index in [2.05, 4.69) is 37.6 Å². The normalized spacial score (nSPS) is 21.3. The maximum absolute atomic E-state index is 5.51. The van der Waals surface area contributed by atoms with Crippen LogP contribution in [0.2, 0.25) is 0 Å². The molecule has 0 bridgehead atoms. The molecule has 6 nitrogen and oxygen atoms in total. The van der Waals surface area contributed by atoms with Gasteiger partial charge < -0.3 is 25.2 Å². The SMILES string of the molecule is CN=C(NCCN1CCCCC1)NCC1CCN(c2ccccc2OC)C1. The number of nitrogens with zero attached hydrogens (tertiary/aromatic N) is 3. The van der Waals surface area contributed by atoms with Crippen molar-refractivity contribution in [2.75, 3.05) is 64.9 Å². The summed E-state index contributed by atoms with van der Waals surface area (Å²) in [5.41, 5.74) is 1.20. The topological polar surface area (TPSA) is 52.1 Å². The van der Waals surface area contributed by atoms with E-state index in [1.54, 1.807) is 7.11 Å². The van der Waals surface area contributed by atoms with Crippen molar-refractivity contribution in [1.82, 2.24) is 15.5 Å². The molecule has 0 aromatic heterocycles. The van der Waals surface area contributed by atoms with E-state index in [1.165, 1.54) is 44.5 Å². The van der Waals surface area contributed by atoms with Gasteiger partial charge in [-0.25, -0.2) is 0 Å². The number of hydrogen-bond acceptors (Lipinski definition) is 4. The maximum Gasteiger partial charge on any atom is 0.191 e. The van der Waals surface area contributed by atoms with E-state index in [0.29, 0.717) is 5.92 Å². The van der Waals surface area contributed by atoms with Gasteiger partial charge in [0.1, 0.15) is 5.75 Å². The molecule has 0 aliphatic carbocycles. The Morgan fingerprint density at radius 1 is 1.15 bits per heavy atom. The van der Waals surface area contributed by atoms with E-state index in [4.69, 9.17) is 4.74 Å². The molecule has 2 heterocycles. The fraction of sp³-hybridized carbons (Fsp3) is 0.667. The van der Waals surface area contributed by atoms with Crippen LogP contribution in [0.1, 0.15) is 25.7 Å². The molecule has 2 N–H and O–H groups in total. The molecule has 2 saturated heterocycles. The average molecular weight is 374 g/mol. The molecule has 1 unspecified atom stereocenters. The Bertz CT molecular complexity index is 600. The number of aliphatic imine (C=N–C) groups is 1. The highest BCUT2D eigenvalue weighted by Crippen LogP contribution is 2.31. The predicted octanol–water partition coefficient (Wildman–Crippen LogP) is 2.17. The minimum atomic E-state index is 0.621. The summed E-state index contributed by atoms with van der Waals surface area (Å²) >= 11 is 0. The van der Waals surface area contributed by atoms with E-state index in [0.717, 1.165) is 44.4 Å². The highest BCUT2D eigenvalue weighted by atomic mass is 16.5. The highest BCUT2D eigenvalue weighted by Gasteiger charge is 2.24. The number of guanidine groups is 1. The standard InChI is InChI=1S/C21H35N5O/c1-22-21(23-11-15-25-12-6-3-7-13-25)24-16-18-10-14-26(17-18)19-8-4-5-9-20(19)27-2/h4-5,8-9,18H,3,6-7,10-17H2,1-2H3,(H2,22,23,24). The number of rotatable bonds is 7. The average Bonchev–Trinajstić information content (AvgIpc) is 3.20. The van der Waals surface area contributed by atoms with Crippen LogP contribution in [0.4, 0.5) is 5.69 Å². The van der Waals surface area contributed by atoms with Gasteiger partial charge in [0.2, 0.25) is 0 Å². The molecule has 2 fully saturated rings. The molecular formula is C21H35N5O. The number of hydrogen-bond donors (Lipinski definition) is 2. The van der Waals surface area contributed by atoms with Crippen molar-refractivity contribution in [2.24, 2.45) is 10.9 Å². The minimum absolute atomic E-state index is 0.621. The summed E-state index contributed by atoms with van der Waals surface area (Å²) < 4.78 is 5.51. The van der Waals surface area contributed by atoms with Crippen molar-refractivity contribution < 1.29 is 4.74 Å². The van der Waals surface area contributed by atoms with E-state index < -0.39 is 0 Å². The van der Waals surface area contributed by atoms with Crippen molar-refractivity contribution in [3.8, 4) is 5.75 Å². The Balaban J connectivity index is 1.39. The smallest absolute Gasteiger partial charge is 0.191 e. The zero-order valence-corrected chi connectivity index (χ0v) is 16.9. The number of ether oxygens (including phenoxy) is 1. The molecule has 3 rings (SSSR count). The molecule has 1 aromatic carbocycles. The van der Waals surface area contributed by atoms with Crippen LogP contribution < -0.4 is 20.3 Å². The highest BCUT2D eigenvalue weighted by molar-refractivity contribution is 5.79. The largest absolute Gasteiger partial charge is 0.495 e. The number of para-hydroxylation sites is 2. The number of benzene rings is 1. The monoisotopic (exact) mass is 373 g/mol. The van der Waals surface area contributed by atoms with Gasteiger partial charge >= 0.3 is 0 Å². The lowest BCUT2D eigenvalue weighted by Gasteiger charge is -2.26. The number of nitrogens with one attached hydrogen (secondary N) is 2. The summed E-state index contributed by atoms with van der Waals surface area (Å²) in [6.07, 6.45) is 5.27. The molecule has 0 saturated carbocycles. The Hall–Kier alpha value is -1.95. The fourth-order valence-corrected chi connectivity index (χ4v) is 4.09. The van der Waals surface area contributed by atoms with Gasteiger partial charge in [-0.1, -0.05) is 18.6 Å². The summed E-state index contributed by atoms with van der Waals surface area (Å²) in [7, 11) is 3.60. The number of likely N-dealkylation sites (tertiary alicyclic amines) is 1. The molecular weight excluding hydrogens is 338 g/mol. The van der Waals surface area contributed by atoms with Crippen LogP contribution in [0, 0.1) is 5.92 Å². The molecule has 6 heteroatoms. The quantitative estimate of drug-likeness (QED) is 0.567. The molecule has 1 aromatic rings. The summed E-state index contributed by atoms with van der Waals surface area (Å²) in [6, 6.07) is 8.29. The van der Waals surface area contributed by atoms with Gasteiger partial charge in [-0.05, 0) is 50.4 Å². The Morgan fingerprint density at radius 3 is 2.74 bits per heavy atom. The summed E-state index contributed by atoms with van der Waals surface area (Å²) in [5, 5.41) is 6.98. The molecule has 1 atom stereocenters. The first-order valence-corrected chi connectivity index (χ1v) is 10.3. The van der Waals surface area contributed by atoms with Crippen molar-refractivity contribution >= 4 is 11.6 Å². The Kier molecular flexibility index (Phi) is 7.63. The molecule has 2 aliphatic rings. The minimum Gasteiger partial charge on any atom is -0.495 e. The second kappa shape index (κ2) is 10.4. The molecule has 2 aliphatic heterocycles. The maximum atomic E-state index is 5.51. The predicted molar refractivity (Wildman–Crippen MR) is 113 cm³/mol. The van der Waals surface area contributed by atoms with E-state index in [1.807, 2.05) is 19.2 Å². The van der Waals surface area contributed by atoms with Gasteiger partial charge in [-0.2, -0.15) is 0 Å². The van der Waals surface area contributed by atoms with Crippen LogP contribution in [0.3, 0.4) is 0 Å². The zero-order valence-electron chi connectivity index (χ0n) is 16.9. The molecule has 0 amide bonds. The lowest BCUT2D eigenvalue weighted by Crippen LogP contribution is -2.44. The van der Waals surface area contributed by atoms with Crippen molar-refractivity contribution in [3.63, 3.8) is 0 Å². The van der Waals surface area contributed by atoms with Gasteiger partial charge in [0.15, 0.2) is 5.96 Å². The van der Waals surface area contributed by atoms with Gasteiger partial charge in [0, 0.05) is 39.8 Å². The third-order valence-electron chi connectivity index (χ3n) is 5.66. The third kappa shape index (κ3) is 5.76. The second-order valence-corrected chi connectivity index (χ2v) is 7.55. The van der Waals surface area contributed by atoms with Crippen LogP contribution >= 0.6 is 0 Å². The van der Waals surface area contributed by atoms with Gasteiger partial charge in [0.05, 0.1) is 12.8 Å². The van der Waals surface area contributed by atoms with Crippen molar-refractivity contribution in [1.29, 1.82) is 0 Å². The lowest BCUT2D eigenvalue weighted by atomic mass is 10.1. The lowest BCUT2D eigenvalue weighted by molar-refractivity contribution is 0.232. The Morgan fingerprint density at radius 2 is 1.96 bits per heavy atom. The first-order valence-electron chi connectivity index (χ1n) is 10.3. The zero-order chi connectivity index (χ0) is 18.9. The number of anilines is 1. The van der Waals surface area contributed by atoms with Gasteiger partial charge in [0.25, 0.3) is 0 Å². The van der Waals surface area contributed by atoms with Crippen LogP contribution in [-0.2, 0) is 0 Å². The van der Waals surface area contributed by atoms with Crippen molar-refractivity contribution in [2.45, 2.75) is 25.7 Å². The number of methoxy groups -OCH3 is 1.